The van der Waals surface area contributed by atoms with E-state index in [-0.39, 0.29) is 0 Å². The second kappa shape index (κ2) is 4.11. The van der Waals surface area contributed by atoms with Gasteiger partial charge in [-0.1, -0.05) is 0 Å². The Balaban J connectivity index is 1.94. The van der Waals surface area contributed by atoms with Crippen LogP contribution in [0.15, 0.2) is 6.07 Å². The highest BCUT2D eigenvalue weighted by Crippen LogP contribution is 2.39. The molecule has 1 heterocycles. The van der Waals surface area contributed by atoms with Crippen LogP contribution in [0.3, 0.4) is 0 Å². The molecule has 0 spiro atoms. The second-order valence-corrected chi connectivity index (χ2v) is 3.80. The van der Waals surface area contributed by atoms with E-state index in [1.54, 1.807) is 0 Å². The third-order valence-corrected chi connectivity index (χ3v) is 2.50. The molecule has 0 saturated heterocycles. The maximum Gasteiger partial charge on any atom is 0.0885 e. The quantitative estimate of drug-likeness (QED) is 0.706. The van der Waals surface area contributed by atoms with Crippen molar-refractivity contribution >= 4 is 0 Å². The molecule has 0 atom stereocenters. The van der Waals surface area contributed by atoms with Crippen LogP contribution in [0.1, 0.15) is 30.1 Å². The molecule has 1 fully saturated rings. The largest absolute Gasteiger partial charge is 0.374 e. The van der Waals surface area contributed by atoms with Crippen molar-refractivity contribution in [2.24, 2.45) is 12.8 Å². The molecule has 4 heteroatoms. The summed E-state index contributed by atoms with van der Waals surface area (Å²) in [5.41, 5.74) is 7.71. The Hall–Kier alpha value is -0.870. The summed E-state index contributed by atoms with van der Waals surface area (Å²) in [6.45, 7) is 1.81. The lowest BCUT2D eigenvalue weighted by atomic mass is 10.3. The van der Waals surface area contributed by atoms with Crippen LogP contribution in [0.25, 0.3) is 0 Å². The van der Waals surface area contributed by atoms with E-state index in [1.165, 1.54) is 18.5 Å². The topological polar surface area (TPSA) is 53.1 Å². The maximum absolute atomic E-state index is 5.38. The van der Waals surface area contributed by atoms with Gasteiger partial charge in [0.1, 0.15) is 0 Å². The van der Waals surface area contributed by atoms with Crippen molar-refractivity contribution in [1.29, 1.82) is 0 Å². The third kappa shape index (κ3) is 2.13. The number of aryl methyl sites for hydroxylation is 1. The highest BCUT2D eigenvalue weighted by Gasteiger charge is 2.26. The number of hydrogen-bond acceptors (Lipinski definition) is 3. The average Bonchev–Trinajstić information content (AvgIpc) is 2.94. The van der Waals surface area contributed by atoms with E-state index < -0.39 is 0 Å². The minimum Gasteiger partial charge on any atom is -0.374 e. The molecule has 0 aliphatic heterocycles. The first-order valence-electron chi connectivity index (χ1n) is 5.12. The Kier molecular flexibility index (Phi) is 2.84. The number of aromatic nitrogens is 2. The molecular formula is C10H17N3O. The average molecular weight is 195 g/mol. The van der Waals surface area contributed by atoms with Gasteiger partial charge in [0.25, 0.3) is 0 Å². The molecule has 78 valence electrons. The van der Waals surface area contributed by atoms with E-state index in [9.17, 15) is 0 Å². The first-order valence-corrected chi connectivity index (χ1v) is 5.12. The van der Waals surface area contributed by atoms with Gasteiger partial charge in [-0.2, -0.15) is 5.10 Å². The van der Waals surface area contributed by atoms with Gasteiger partial charge in [0.2, 0.25) is 0 Å². The van der Waals surface area contributed by atoms with E-state index in [2.05, 4.69) is 11.2 Å². The summed E-state index contributed by atoms with van der Waals surface area (Å²) in [5.74, 6) is 0.712. The Bertz CT molecular complexity index is 304. The van der Waals surface area contributed by atoms with E-state index >= 15 is 0 Å². The normalized spacial score (nSPS) is 16.1. The molecule has 0 radical (unpaired) electrons. The van der Waals surface area contributed by atoms with Crippen molar-refractivity contribution in [3.63, 3.8) is 0 Å². The predicted octanol–water partition coefficient (Wildman–Crippen LogP) is 0.773. The van der Waals surface area contributed by atoms with Crippen LogP contribution >= 0.6 is 0 Å². The molecule has 1 aromatic rings. The molecule has 14 heavy (non-hydrogen) atoms. The van der Waals surface area contributed by atoms with Crippen LogP contribution in [0, 0.1) is 0 Å². The highest BCUT2D eigenvalue weighted by atomic mass is 16.5. The minimum atomic E-state index is 0.577. The van der Waals surface area contributed by atoms with Gasteiger partial charge >= 0.3 is 0 Å². The smallest absolute Gasteiger partial charge is 0.0885 e. The van der Waals surface area contributed by atoms with Crippen molar-refractivity contribution in [3.8, 4) is 0 Å². The van der Waals surface area contributed by atoms with Crippen LogP contribution in [-0.4, -0.2) is 22.9 Å². The van der Waals surface area contributed by atoms with Gasteiger partial charge < -0.3 is 10.5 Å². The van der Waals surface area contributed by atoms with E-state index in [0.29, 0.717) is 25.7 Å². The zero-order chi connectivity index (χ0) is 9.97. The van der Waals surface area contributed by atoms with Crippen molar-refractivity contribution < 1.29 is 4.74 Å². The standard InChI is InChI=1S/C10H17N3O/c1-13-9(7-14-5-4-11)6-10(12-13)8-2-3-8/h6,8H,2-5,7,11H2,1H3. The fourth-order valence-electron chi connectivity index (χ4n) is 1.50. The molecule has 4 nitrogen and oxygen atoms in total. The highest BCUT2D eigenvalue weighted by molar-refractivity contribution is 5.18. The summed E-state index contributed by atoms with van der Waals surface area (Å²) in [5, 5.41) is 4.46. The van der Waals surface area contributed by atoms with Gasteiger partial charge in [-0.05, 0) is 18.9 Å². The molecule has 1 saturated carbocycles. The summed E-state index contributed by atoms with van der Waals surface area (Å²) in [6.07, 6.45) is 2.58. The predicted molar refractivity (Wildman–Crippen MR) is 53.9 cm³/mol. The van der Waals surface area contributed by atoms with Gasteiger partial charge in [-0.3, -0.25) is 4.68 Å². The summed E-state index contributed by atoms with van der Waals surface area (Å²) >= 11 is 0. The molecule has 1 aliphatic carbocycles. The Morgan fingerprint density at radius 2 is 2.43 bits per heavy atom. The number of rotatable bonds is 5. The van der Waals surface area contributed by atoms with Gasteiger partial charge in [-0.25, -0.2) is 0 Å². The van der Waals surface area contributed by atoms with Crippen LogP contribution < -0.4 is 5.73 Å². The number of hydrogen-bond donors (Lipinski definition) is 1. The second-order valence-electron chi connectivity index (χ2n) is 3.80. The molecule has 0 amide bonds. The zero-order valence-electron chi connectivity index (χ0n) is 8.57. The lowest BCUT2D eigenvalue weighted by Gasteiger charge is -2.01. The lowest BCUT2D eigenvalue weighted by molar-refractivity contribution is 0.123. The molecular weight excluding hydrogens is 178 g/mol. The van der Waals surface area contributed by atoms with Crippen molar-refractivity contribution in [2.75, 3.05) is 13.2 Å². The molecule has 0 aromatic carbocycles. The number of ether oxygens (including phenoxy) is 1. The first kappa shape index (κ1) is 9.68. The number of nitrogens with zero attached hydrogens (tertiary/aromatic N) is 2. The Labute approximate surface area is 84.0 Å². The van der Waals surface area contributed by atoms with Crippen LogP contribution in [0.5, 0.6) is 0 Å². The monoisotopic (exact) mass is 195 g/mol. The van der Waals surface area contributed by atoms with Crippen LogP contribution in [-0.2, 0) is 18.4 Å². The molecule has 2 rings (SSSR count). The lowest BCUT2D eigenvalue weighted by Crippen LogP contribution is -2.09. The van der Waals surface area contributed by atoms with Gasteiger partial charge in [0.05, 0.1) is 24.6 Å². The van der Waals surface area contributed by atoms with Crippen LogP contribution in [0.2, 0.25) is 0 Å². The fourth-order valence-corrected chi connectivity index (χ4v) is 1.50. The van der Waals surface area contributed by atoms with E-state index in [4.69, 9.17) is 10.5 Å². The molecule has 2 N–H and O–H groups in total. The maximum atomic E-state index is 5.38. The van der Waals surface area contributed by atoms with Crippen molar-refractivity contribution in [2.45, 2.75) is 25.4 Å². The first-order chi connectivity index (χ1) is 6.81. The molecule has 0 unspecified atom stereocenters. The molecule has 1 aliphatic rings. The summed E-state index contributed by atoms with van der Waals surface area (Å²) in [4.78, 5) is 0. The SMILES string of the molecule is Cn1nc(C2CC2)cc1COCCN. The Morgan fingerprint density at radius 1 is 1.64 bits per heavy atom. The minimum absolute atomic E-state index is 0.577. The zero-order valence-corrected chi connectivity index (χ0v) is 8.57. The third-order valence-electron chi connectivity index (χ3n) is 2.50. The molecule has 0 bridgehead atoms. The van der Waals surface area contributed by atoms with Crippen molar-refractivity contribution in [3.05, 3.63) is 17.5 Å². The summed E-state index contributed by atoms with van der Waals surface area (Å²) in [6, 6.07) is 2.15. The Morgan fingerprint density at radius 3 is 3.07 bits per heavy atom. The van der Waals surface area contributed by atoms with Gasteiger partial charge in [-0.15, -0.1) is 0 Å². The summed E-state index contributed by atoms with van der Waals surface area (Å²) < 4.78 is 7.28. The van der Waals surface area contributed by atoms with Crippen molar-refractivity contribution in [1.82, 2.24) is 9.78 Å². The number of nitrogens with two attached hydrogens (primary N) is 1. The summed E-state index contributed by atoms with van der Waals surface area (Å²) in [7, 11) is 1.97. The van der Waals surface area contributed by atoms with E-state index in [0.717, 1.165) is 5.69 Å². The van der Waals surface area contributed by atoms with E-state index in [1.807, 2.05) is 11.7 Å². The molecule has 1 aromatic heterocycles. The fraction of sp³-hybridized carbons (Fsp3) is 0.700. The van der Waals surface area contributed by atoms with Crippen LogP contribution in [0.4, 0.5) is 0 Å². The van der Waals surface area contributed by atoms with Gasteiger partial charge in [0, 0.05) is 19.5 Å². The van der Waals surface area contributed by atoms with Gasteiger partial charge in [0.15, 0.2) is 0 Å².